The number of allylic oxidation sites excluding steroid dienone is 2. The van der Waals surface area contributed by atoms with Gasteiger partial charge in [0.2, 0.25) is 0 Å². The number of hydrogen-bond acceptors (Lipinski definition) is 3. The van der Waals surface area contributed by atoms with Crippen LogP contribution in [-0.2, 0) is 0 Å². The summed E-state index contributed by atoms with van der Waals surface area (Å²) in [7, 11) is 0. The van der Waals surface area contributed by atoms with Gasteiger partial charge in [0, 0.05) is 0 Å². The lowest BCUT2D eigenvalue weighted by atomic mass is 10.3. The molecule has 3 heteroatoms. The first-order chi connectivity index (χ1) is 3.80. The van der Waals surface area contributed by atoms with E-state index >= 15 is 0 Å². The summed E-state index contributed by atoms with van der Waals surface area (Å²) in [6, 6.07) is 0. The molecule has 0 aliphatic carbocycles. The van der Waals surface area contributed by atoms with Crippen LogP contribution in [-0.4, -0.2) is 10.2 Å². The Kier molecular flexibility index (Phi) is 1.22. The van der Waals surface area contributed by atoms with Gasteiger partial charge in [0.1, 0.15) is 0 Å². The number of aliphatic hydroxyl groups is 2. The highest BCUT2D eigenvalue weighted by molar-refractivity contribution is 5.21. The van der Waals surface area contributed by atoms with Crippen LogP contribution in [0.25, 0.3) is 0 Å². The quantitative estimate of drug-likeness (QED) is 0.425. The molecule has 43 valence electrons. The van der Waals surface area contributed by atoms with E-state index in [2.05, 4.69) is 5.32 Å². The second kappa shape index (κ2) is 1.88. The van der Waals surface area contributed by atoms with E-state index < -0.39 is 0 Å². The van der Waals surface area contributed by atoms with Crippen LogP contribution in [0.5, 0.6) is 0 Å². The van der Waals surface area contributed by atoms with Crippen molar-refractivity contribution in [3.63, 3.8) is 0 Å². The van der Waals surface area contributed by atoms with Crippen molar-refractivity contribution in [3.8, 4) is 0 Å². The minimum absolute atomic E-state index is 0.132. The Hall–Kier alpha value is -0.960. The third kappa shape index (κ3) is 0.816. The molecule has 0 fully saturated rings. The lowest BCUT2D eigenvalue weighted by Crippen LogP contribution is -2.18. The molecular formula is C5H6NO2. The van der Waals surface area contributed by atoms with E-state index in [0.29, 0.717) is 0 Å². The van der Waals surface area contributed by atoms with Gasteiger partial charge in [0.25, 0.3) is 6.23 Å². The van der Waals surface area contributed by atoms with Gasteiger partial charge in [-0.25, -0.2) is 0 Å². The lowest BCUT2D eigenvalue weighted by Gasteiger charge is -2.09. The first-order valence-corrected chi connectivity index (χ1v) is 2.19. The van der Waals surface area contributed by atoms with Crippen LogP contribution in [0.2, 0.25) is 0 Å². The average molecular weight is 112 g/mol. The molecule has 0 spiro atoms. The van der Waals surface area contributed by atoms with Crippen molar-refractivity contribution in [1.82, 2.24) is 5.32 Å². The van der Waals surface area contributed by atoms with Crippen LogP contribution in [0.15, 0.2) is 24.1 Å². The summed E-state index contributed by atoms with van der Waals surface area (Å²) in [5.74, 6) is -0.132. The Morgan fingerprint density at radius 2 is 2.12 bits per heavy atom. The maximum atomic E-state index is 8.64. The summed E-state index contributed by atoms with van der Waals surface area (Å²) >= 11 is 0. The highest BCUT2D eigenvalue weighted by Gasteiger charge is 2.09. The van der Waals surface area contributed by atoms with Crippen LogP contribution < -0.4 is 5.32 Å². The minimum atomic E-state index is -0.201. The fourth-order valence-electron chi connectivity index (χ4n) is 0.419. The number of nitrogens with one attached hydrogen (secondary N) is 1. The van der Waals surface area contributed by atoms with Crippen molar-refractivity contribution in [2.75, 3.05) is 0 Å². The van der Waals surface area contributed by atoms with Crippen molar-refractivity contribution >= 4 is 0 Å². The van der Waals surface area contributed by atoms with Gasteiger partial charge < -0.3 is 15.5 Å². The Morgan fingerprint density at radius 3 is 2.50 bits per heavy atom. The highest BCUT2D eigenvalue weighted by atomic mass is 16.3. The van der Waals surface area contributed by atoms with Crippen molar-refractivity contribution in [1.29, 1.82) is 0 Å². The summed E-state index contributed by atoms with van der Waals surface area (Å²) < 4.78 is 0. The van der Waals surface area contributed by atoms with Gasteiger partial charge in [0.15, 0.2) is 5.76 Å². The van der Waals surface area contributed by atoms with Crippen molar-refractivity contribution in [2.24, 2.45) is 0 Å². The van der Waals surface area contributed by atoms with Crippen LogP contribution in [0.1, 0.15) is 0 Å². The zero-order valence-electron chi connectivity index (χ0n) is 4.13. The monoisotopic (exact) mass is 112 g/mol. The third-order valence-electron chi connectivity index (χ3n) is 0.813. The molecule has 8 heavy (non-hydrogen) atoms. The van der Waals surface area contributed by atoms with Gasteiger partial charge in [-0.1, -0.05) is 0 Å². The van der Waals surface area contributed by atoms with E-state index in [-0.39, 0.29) is 12.0 Å². The SMILES string of the molecule is O[C]1NC=CC=C1O. The van der Waals surface area contributed by atoms with Gasteiger partial charge in [-0.15, -0.1) is 0 Å². The Balaban J connectivity index is 2.66. The Labute approximate surface area is 47.0 Å². The average Bonchev–Trinajstić information content (AvgIpc) is 1.77. The van der Waals surface area contributed by atoms with Crippen LogP contribution in [0.4, 0.5) is 0 Å². The van der Waals surface area contributed by atoms with Crippen LogP contribution >= 0.6 is 0 Å². The van der Waals surface area contributed by atoms with Crippen molar-refractivity contribution in [2.45, 2.75) is 0 Å². The summed E-state index contributed by atoms with van der Waals surface area (Å²) in [4.78, 5) is 0. The van der Waals surface area contributed by atoms with Crippen LogP contribution in [0.3, 0.4) is 0 Å². The molecule has 3 N–H and O–H groups in total. The largest absolute Gasteiger partial charge is 0.507 e. The Bertz CT molecular complexity index is 139. The molecule has 0 aromatic heterocycles. The summed E-state index contributed by atoms with van der Waals surface area (Å²) in [5, 5.41) is 19.7. The third-order valence-corrected chi connectivity index (χ3v) is 0.813. The first-order valence-electron chi connectivity index (χ1n) is 2.19. The molecule has 0 atom stereocenters. The number of rotatable bonds is 0. The number of hydrogen-bond donors (Lipinski definition) is 3. The smallest absolute Gasteiger partial charge is 0.251 e. The van der Waals surface area contributed by atoms with Crippen molar-refractivity contribution in [3.05, 3.63) is 30.3 Å². The van der Waals surface area contributed by atoms with Gasteiger partial charge in [-0.3, -0.25) is 0 Å². The van der Waals surface area contributed by atoms with Gasteiger partial charge in [-0.2, -0.15) is 0 Å². The van der Waals surface area contributed by atoms with E-state index in [1.54, 1.807) is 6.08 Å². The normalized spacial score (nSPS) is 19.9. The minimum Gasteiger partial charge on any atom is -0.507 e. The standard InChI is InChI=1S/C5H6NO2/c7-4-2-1-3-6-5(4)8/h1-3,6-8H. The van der Waals surface area contributed by atoms with Crippen LogP contribution in [0, 0.1) is 6.23 Å². The number of aliphatic hydroxyl groups excluding tert-OH is 2. The Morgan fingerprint density at radius 1 is 1.38 bits per heavy atom. The first kappa shape index (κ1) is 5.18. The van der Waals surface area contributed by atoms with E-state index in [4.69, 9.17) is 10.2 Å². The molecule has 1 heterocycles. The lowest BCUT2D eigenvalue weighted by molar-refractivity contribution is 0.230. The number of dihydropyridines is 1. The zero-order chi connectivity index (χ0) is 5.98. The fraction of sp³-hybridized carbons (Fsp3) is 0. The molecule has 1 aliphatic rings. The molecular weight excluding hydrogens is 106 g/mol. The summed E-state index contributed by atoms with van der Waals surface area (Å²) in [6.45, 7) is 0. The van der Waals surface area contributed by atoms with E-state index in [9.17, 15) is 0 Å². The second-order valence-electron chi connectivity index (χ2n) is 1.40. The van der Waals surface area contributed by atoms with E-state index in [0.717, 1.165) is 0 Å². The molecule has 1 aliphatic heterocycles. The predicted molar refractivity (Wildman–Crippen MR) is 28.2 cm³/mol. The zero-order valence-corrected chi connectivity index (χ0v) is 4.13. The molecule has 0 saturated heterocycles. The maximum Gasteiger partial charge on any atom is 0.251 e. The van der Waals surface area contributed by atoms with Gasteiger partial charge in [-0.05, 0) is 18.4 Å². The highest BCUT2D eigenvalue weighted by Crippen LogP contribution is 2.05. The van der Waals surface area contributed by atoms with Gasteiger partial charge >= 0.3 is 0 Å². The molecule has 0 amide bonds. The molecule has 0 bridgehead atoms. The summed E-state index contributed by atoms with van der Waals surface area (Å²) in [6.07, 6.45) is 4.31. The van der Waals surface area contributed by atoms with Crippen molar-refractivity contribution < 1.29 is 10.2 Å². The molecule has 0 unspecified atom stereocenters. The van der Waals surface area contributed by atoms with Gasteiger partial charge in [0.05, 0.1) is 0 Å². The molecule has 0 aromatic carbocycles. The summed E-state index contributed by atoms with van der Waals surface area (Å²) in [5.41, 5.74) is 0. The second-order valence-corrected chi connectivity index (χ2v) is 1.40. The topological polar surface area (TPSA) is 52.5 Å². The molecule has 1 rings (SSSR count). The molecule has 3 nitrogen and oxygen atoms in total. The van der Waals surface area contributed by atoms with E-state index in [1.807, 2.05) is 0 Å². The predicted octanol–water partition coefficient (Wildman–Crippen LogP) is 0.407. The van der Waals surface area contributed by atoms with E-state index in [1.165, 1.54) is 12.3 Å². The molecule has 0 saturated carbocycles. The molecule has 0 aromatic rings. The molecule has 1 radical (unpaired) electrons. The fourth-order valence-corrected chi connectivity index (χ4v) is 0.419. The maximum absolute atomic E-state index is 8.64.